The standard InChI is InChI=1S/C13H22N2O2S/c1-5-13(4,6-2)15-12-14-10(9-18-12)8-11(16)17-7-3/h9H,5-8H2,1-4H3,(H,14,15). The topological polar surface area (TPSA) is 51.2 Å². The minimum absolute atomic E-state index is 0.0685. The first-order chi connectivity index (χ1) is 8.53. The number of aromatic nitrogens is 1. The smallest absolute Gasteiger partial charge is 0.311 e. The van der Waals surface area contributed by atoms with Gasteiger partial charge in [0.1, 0.15) is 0 Å². The first kappa shape index (κ1) is 15.0. The van der Waals surface area contributed by atoms with Gasteiger partial charge in [0.25, 0.3) is 0 Å². The monoisotopic (exact) mass is 270 g/mol. The van der Waals surface area contributed by atoms with E-state index in [0.29, 0.717) is 6.61 Å². The Balaban J connectivity index is 2.60. The Kier molecular flexibility index (Phi) is 5.59. The normalized spacial score (nSPS) is 11.3. The van der Waals surface area contributed by atoms with Crippen molar-refractivity contribution >= 4 is 22.4 Å². The Labute approximate surface area is 113 Å². The molecule has 0 unspecified atom stereocenters. The minimum Gasteiger partial charge on any atom is -0.466 e. The molecule has 0 aliphatic rings. The van der Waals surface area contributed by atoms with Gasteiger partial charge in [-0.1, -0.05) is 13.8 Å². The summed E-state index contributed by atoms with van der Waals surface area (Å²) in [5.74, 6) is -0.219. The fraction of sp³-hybridized carbons (Fsp3) is 0.692. The summed E-state index contributed by atoms with van der Waals surface area (Å²) in [6, 6.07) is 0. The molecule has 0 amide bonds. The van der Waals surface area contributed by atoms with Crippen molar-refractivity contribution in [2.45, 2.75) is 52.5 Å². The van der Waals surface area contributed by atoms with Crippen molar-refractivity contribution in [2.24, 2.45) is 0 Å². The number of thiazole rings is 1. The molecule has 0 fully saturated rings. The highest BCUT2D eigenvalue weighted by Gasteiger charge is 2.20. The third-order valence-corrected chi connectivity index (χ3v) is 3.96. The molecule has 5 heteroatoms. The molecule has 4 nitrogen and oxygen atoms in total. The molecule has 1 aromatic rings. The fourth-order valence-corrected chi connectivity index (χ4v) is 2.35. The molecular weight excluding hydrogens is 248 g/mol. The van der Waals surface area contributed by atoms with E-state index in [0.717, 1.165) is 23.7 Å². The number of anilines is 1. The minimum atomic E-state index is -0.219. The molecule has 0 saturated carbocycles. The highest BCUT2D eigenvalue weighted by Crippen LogP contribution is 2.24. The van der Waals surface area contributed by atoms with E-state index in [-0.39, 0.29) is 17.9 Å². The highest BCUT2D eigenvalue weighted by atomic mass is 32.1. The summed E-state index contributed by atoms with van der Waals surface area (Å²) in [5, 5.41) is 6.22. The van der Waals surface area contributed by atoms with Gasteiger partial charge in [-0.3, -0.25) is 4.79 Å². The van der Waals surface area contributed by atoms with Crippen molar-refractivity contribution in [3.63, 3.8) is 0 Å². The number of nitrogens with zero attached hydrogens (tertiary/aromatic N) is 1. The summed E-state index contributed by atoms with van der Waals surface area (Å²) in [7, 11) is 0. The zero-order chi connectivity index (χ0) is 13.6. The molecule has 1 N–H and O–H groups in total. The summed E-state index contributed by atoms with van der Waals surface area (Å²) in [6.07, 6.45) is 2.33. The van der Waals surface area contributed by atoms with Crippen molar-refractivity contribution in [1.29, 1.82) is 0 Å². The van der Waals surface area contributed by atoms with Crippen molar-refractivity contribution < 1.29 is 9.53 Å². The Morgan fingerprint density at radius 1 is 1.44 bits per heavy atom. The average Bonchev–Trinajstić information content (AvgIpc) is 2.76. The molecule has 0 aliphatic carbocycles. The first-order valence-electron chi connectivity index (χ1n) is 6.41. The maximum atomic E-state index is 11.3. The first-order valence-corrected chi connectivity index (χ1v) is 7.29. The van der Waals surface area contributed by atoms with Gasteiger partial charge < -0.3 is 10.1 Å². The third kappa shape index (κ3) is 4.29. The average molecular weight is 270 g/mol. The molecule has 0 spiro atoms. The molecule has 18 heavy (non-hydrogen) atoms. The lowest BCUT2D eigenvalue weighted by Gasteiger charge is -2.27. The summed E-state index contributed by atoms with van der Waals surface area (Å²) < 4.78 is 4.90. The maximum Gasteiger partial charge on any atom is 0.311 e. The maximum absolute atomic E-state index is 11.3. The van der Waals surface area contributed by atoms with Crippen LogP contribution >= 0.6 is 11.3 Å². The van der Waals surface area contributed by atoms with E-state index >= 15 is 0 Å². The van der Waals surface area contributed by atoms with Crippen LogP contribution in [0.4, 0.5) is 5.13 Å². The Bertz CT molecular complexity index is 386. The van der Waals surface area contributed by atoms with Crippen molar-refractivity contribution in [2.75, 3.05) is 11.9 Å². The fourth-order valence-electron chi connectivity index (χ4n) is 1.49. The van der Waals surface area contributed by atoms with Crippen molar-refractivity contribution in [3.05, 3.63) is 11.1 Å². The van der Waals surface area contributed by atoms with Crippen molar-refractivity contribution in [3.8, 4) is 0 Å². The zero-order valence-electron chi connectivity index (χ0n) is 11.6. The lowest BCUT2D eigenvalue weighted by atomic mass is 9.96. The van der Waals surface area contributed by atoms with Crippen LogP contribution in [0.3, 0.4) is 0 Å². The van der Waals surface area contributed by atoms with Gasteiger partial charge >= 0.3 is 5.97 Å². The second kappa shape index (κ2) is 6.73. The summed E-state index contributed by atoms with van der Waals surface area (Å²) >= 11 is 1.54. The molecule has 0 radical (unpaired) electrons. The summed E-state index contributed by atoms with van der Waals surface area (Å²) in [5.41, 5.74) is 0.842. The van der Waals surface area contributed by atoms with E-state index in [1.807, 2.05) is 5.38 Å². The Morgan fingerprint density at radius 2 is 2.11 bits per heavy atom. The number of carbonyl (C=O) groups excluding carboxylic acids is 1. The highest BCUT2D eigenvalue weighted by molar-refractivity contribution is 7.13. The molecule has 0 bridgehead atoms. The van der Waals surface area contributed by atoms with Crippen LogP contribution in [0.2, 0.25) is 0 Å². The van der Waals surface area contributed by atoms with Gasteiger partial charge in [-0.2, -0.15) is 0 Å². The van der Waals surface area contributed by atoms with Gasteiger partial charge in [0.05, 0.1) is 18.7 Å². The number of rotatable bonds is 7. The van der Waals surface area contributed by atoms with Crippen molar-refractivity contribution in [1.82, 2.24) is 4.98 Å². The quantitative estimate of drug-likeness (QED) is 0.773. The largest absolute Gasteiger partial charge is 0.466 e. The molecule has 0 saturated heterocycles. The van der Waals surface area contributed by atoms with Crippen LogP contribution in [-0.4, -0.2) is 23.1 Å². The van der Waals surface area contributed by atoms with Crippen LogP contribution in [0.25, 0.3) is 0 Å². The second-order valence-corrected chi connectivity index (χ2v) is 5.38. The number of hydrogen-bond donors (Lipinski definition) is 1. The van der Waals surface area contributed by atoms with Crippen LogP contribution < -0.4 is 5.32 Å². The predicted molar refractivity (Wildman–Crippen MR) is 75.1 cm³/mol. The Hall–Kier alpha value is -1.10. The number of ether oxygens (including phenoxy) is 1. The molecule has 0 aromatic carbocycles. The number of nitrogens with one attached hydrogen (secondary N) is 1. The number of hydrogen-bond acceptors (Lipinski definition) is 5. The predicted octanol–water partition coefficient (Wildman–Crippen LogP) is 3.24. The van der Waals surface area contributed by atoms with Gasteiger partial charge in [0.2, 0.25) is 0 Å². The van der Waals surface area contributed by atoms with Crippen LogP contribution in [0.5, 0.6) is 0 Å². The summed E-state index contributed by atoms with van der Waals surface area (Å²) in [4.78, 5) is 15.8. The lowest BCUT2D eigenvalue weighted by molar-refractivity contribution is -0.142. The van der Waals surface area contributed by atoms with Crippen LogP contribution in [0.15, 0.2) is 5.38 Å². The molecule has 0 atom stereocenters. The molecule has 0 aliphatic heterocycles. The van der Waals surface area contributed by atoms with E-state index < -0.39 is 0 Å². The van der Waals surface area contributed by atoms with Gasteiger partial charge in [0.15, 0.2) is 5.13 Å². The van der Waals surface area contributed by atoms with E-state index in [4.69, 9.17) is 4.74 Å². The molecule has 1 aromatic heterocycles. The lowest BCUT2D eigenvalue weighted by Crippen LogP contribution is -2.32. The SMILES string of the molecule is CCOC(=O)Cc1csc(NC(C)(CC)CC)n1. The zero-order valence-corrected chi connectivity index (χ0v) is 12.4. The van der Waals surface area contributed by atoms with Gasteiger partial charge in [-0.15, -0.1) is 11.3 Å². The summed E-state index contributed by atoms with van der Waals surface area (Å²) in [6.45, 7) is 8.71. The second-order valence-electron chi connectivity index (χ2n) is 4.52. The molecule has 1 heterocycles. The number of esters is 1. The molecule has 1 rings (SSSR count). The number of carbonyl (C=O) groups is 1. The van der Waals surface area contributed by atoms with Gasteiger partial charge in [-0.25, -0.2) is 4.98 Å². The van der Waals surface area contributed by atoms with Crippen LogP contribution in [-0.2, 0) is 16.0 Å². The molecule has 102 valence electrons. The third-order valence-electron chi connectivity index (χ3n) is 3.15. The van der Waals surface area contributed by atoms with E-state index in [1.54, 1.807) is 6.92 Å². The van der Waals surface area contributed by atoms with Gasteiger partial charge in [-0.05, 0) is 26.7 Å². The van der Waals surface area contributed by atoms with Gasteiger partial charge in [0, 0.05) is 10.9 Å². The van der Waals surface area contributed by atoms with Crippen LogP contribution in [0, 0.1) is 0 Å². The van der Waals surface area contributed by atoms with E-state index in [9.17, 15) is 4.79 Å². The van der Waals surface area contributed by atoms with E-state index in [2.05, 4.69) is 31.1 Å². The van der Waals surface area contributed by atoms with E-state index in [1.165, 1.54) is 11.3 Å². The molecular formula is C13H22N2O2S. The van der Waals surface area contributed by atoms with Crippen LogP contribution in [0.1, 0.15) is 46.2 Å². The Morgan fingerprint density at radius 3 is 2.67 bits per heavy atom.